The predicted octanol–water partition coefficient (Wildman–Crippen LogP) is 2.78. The van der Waals surface area contributed by atoms with Gasteiger partial charge in [0.1, 0.15) is 5.75 Å². The van der Waals surface area contributed by atoms with Crippen LogP contribution in [0.25, 0.3) is 0 Å². The van der Waals surface area contributed by atoms with Gasteiger partial charge in [0.25, 0.3) is 0 Å². The van der Waals surface area contributed by atoms with E-state index in [9.17, 15) is 0 Å². The number of hydrogen-bond acceptors (Lipinski definition) is 3. The summed E-state index contributed by atoms with van der Waals surface area (Å²) in [5, 5.41) is 4.21. The van der Waals surface area contributed by atoms with Crippen molar-refractivity contribution >= 4 is 11.6 Å². The molecule has 1 aliphatic rings. The summed E-state index contributed by atoms with van der Waals surface area (Å²) in [5.41, 5.74) is 1.20. The zero-order valence-electron chi connectivity index (χ0n) is 11.8. The van der Waals surface area contributed by atoms with Crippen molar-refractivity contribution in [3.63, 3.8) is 0 Å². The Hall–Kier alpha value is -0.770. The number of likely N-dealkylation sites (tertiary alicyclic amines) is 1. The van der Waals surface area contributed by atoms with Crippen molar-refractivity contribution < 1.29 is 4.74 Å². The average molecular weight is 283 g/mol. The summed E-state index contributed by atoms with van der Waals surface area (Å²) < 4.78 is 5.15. The van der Waals surface area contributed by atoms with Gasteiger partial charge in [-0.15, -0.1) is 0 Å². The molecule has 1 N–H and O–H groups in total. The third-order valence-corrected chi connectivity index (χ3v) is 4.09. The Balaban J connectivity index is 1.75. The van der Waals surface area contributed by atoms with Crippen LogP contribution < -0.4 is 10.1 Å². The zero-order valence-corrected chi connectivity index (χ0v) is 12.5. The average Bonchev–Trinajstić information content (AvgIpc) is 2.87. The highest BCUT2D eigenvalue weighted by atomic mass is 35.5. The second-order valence-corrected chi connectivity index (χ2v) is 5.55. The summed E-state index contributed by atoms with van der Waals surface area (Å²) >= 11 is 6.11. The van der Waals surface area contributed by atoms with Crippen molar-refractivity contribution in [2.45, 2.75) is 19.9 Å². The Bertz CT molecular complexity index is 411. The fourth-order valence-electron chi connectivity index (χ4n) is 2.61. The van der Waals surface area contributed by atoms with Crippen LogP contribution in [0.5, 0.6) is 5.75 Å². The largest absolute Gasteiger partial charge is 0.495 e. The number of nitrogens with one attached hydrogen (secondary N) is 1. The second-order valence-electron chi connectivity index (χ2n) is 5.15. The molecular formula is C15H23ClN2O. The lowest BCUT2D eigenvalue weighted by Gasteiger charge is -2.14. The molecule has 0 aliphatic carbocycles. The monoisotopic (exact) mass is 282 g/mol. The Kier molecular flexibility index (Phi) is 5.49. The van der Waals surface area contributed by atoms with E-state index in [1.165, 1.54) is 31.6 Å². The highest BCUT2D eigenvalue weighted by Crippen LogP contribution is 2.24. The highest BCUT2D eigenvalue weighted by molar-refractivity contribution is 6.32. The summed E-state index contributed by atoms with van der Waals surface area (Å²) in [6.07, 6.45) is 1.31. The molecule has 0 spiro atoms. The lowest BCUT2D eigenvalue weighted by molar-refractivity contribution is 0.339. The maximum absolute atomic E-state index is 6.11. The molecule has 1 saturated heterocycles. The third kappa shape index (κ3) is 4.10. The van der Waals surface area contributed by atoms with Crippen LogP contribution in [0.3, 0.4) is 0 Å². The number of benzene rings is 1. The van der Waals surface area contributed by atoms with Crippen LogP contribution in [-0.4, -0.2) is 38.2 Å². The third-order valence-electron chi connectivity index (χ3n) is 3.80. The first-order valence-corrected chi connectivity index (χ1v) is 7.36. The van der Waals surface area contributed by atoms with E-state index < -0.39 is 0 Å². The Morgan fingerprint density at radius 3 is 2.95 bits per heavy atom. The number of ether oxygens (including phenoxy) is 1. The molecule has 2 rings (SSSR count). The summed E-state index contributed by atoms with van der Waals surface area (Å²) in [6, 6.07) is 5.96. The molecule has 1 aliphatic heterocycles. The second kappa shape index (κ2) is 7.13. The topological polar surface area (TPSA) is 24.5 Å². The minimum atomic E-state index is 0.680. The van der Waals surface area contributed by atoms with Crippen molar-refractivity contribution in [2.24, 2.45) is 5.92 Å². The molecule has 1 heterocycles. The van der Waals surface area contributed by atoms with E-state index in [2.05, 4.69) is 23.2 Å². The lowest BCUT2D eigenvalue weighted by atomic mass is 10.1. The molecule has 1 fully saturated rings. The van der Waals surface area contributed by atoms with Crippen LogP contribution >= 0.6 is 11.6 Å². The predicted molar refractivity (Wildman–Crippen MR) is 79.9 cm³/mol. The van der Waals surface area contributed by atoms with Gasteiger partial charge in [-0.3, -0.25) is 0 Å². The van der Waals surface area contributed by atoms with Gasteiger partial charge in [0, 0.05) is 13.1 Å². The minimum Gasteiger partial charge on any atom is -0.495 e. The SMILES string of the molecule is CCN1CC[C@@H](CNCc2ccc(OC)c(Cl)c2)C1. The van der Waals surface area contributed by atoms with Crippen molar-refractivity contribution in [3.8, 4) is 5.75 Å². The molecule has 19 heavy (non-hydrogen) atoms. The van der Waals surface area contributed by atoms with E-state index in [1.54, 1.807) is 7.11 Å². The van der Waals surface area contributed by atoms with E-state index >= 15 is 0 Å². The molecule has 4 heteroatoms. The molecule has 106 valence electrons. The van der Waals surface area contributed by atoms with Gasteiger partial charge in [-0.1, -0.05) is 24.6 Å². The first kappa shape index (κ1) is 14.6. The number of methoxy groups -OCH3 is 1. The number of halogens is 1. The Labute approximate surface area is 120 Å². The number of nitrogens with zero attached hydrogens (tertiary/aromatic N) is 1. The van der Waals surface area contributed by atoms with Crippen LogP contribution in [-0.2, 0) is 6.54 Å². The Morgan fingerprint density at radius 2 is 2.32 bits per heavy atom. The van der Waals surface area contributed by atoms with Crippen LogP contribution in [0.15, 0.2) is 18.2 Å². The molecule has 3 nitrogen and oxygen atoms in total. The van der Waals surface area contributed by atoms with Crippen LogP contribution in [0.4, 0.5) is 0 Å². The van der Waals surface area contributed by atoms with Crippen molar-refractivity contribution in [2.75, 3.05) is 33.3 Å². The van der Waals surface area contributed by atoms with Crippen LogP contribution in [0.1, 0.15) is 18.9 Å². The minimum absolute atomic E-state index is 0.680. The van der Waals surface area contributed by atoms with Gasteiger partial charge in [-0.2, -0.15) is 0 Å². The van der Waals surface area contributed by atoms with E-state index in [0.717, 1.165) is 24.8 Å². The van der Waals surface area contributed by atoms with Crippen molar-refractivity contribution in [1.82, 2.24) is 10.2 Å². The van der Waals surface area contributed by atoms with Gasteiger partial charge >= 0.3 is 0 Å². The summed E-state index contributed by atoms with van der Waals surface area (Å²) in [5.74, 6) is 1.52. The molecular weight excluding hydrogens is 260 g/mol. The molecule has 0 aromatic heterocycles. The number of hydrogen-bond donors (Lipinski definition) is 1. The van der Waals surface area contributed by atoms with E-state index in [4.69, 9.17) is 16.3 Å². The molecule has 0 bridgehead atoms. The Morgan fingerprint density at radius 1 is 1.47 bits per heavy atom. The van der Waals surface area contributed by atoms with Gasteiger partial charge in [0.15, 0.2) is 0 Å². The summed E-state index contributed by atoms with van der Waals surface area (Å²) in [6.45, 7) is 7.83. The maximum Gasteiger partial charge on any atom is 0.137 e. The summed E-state index contributed by atoms with van der Waals surface area (Å²) in [4.78, 5) is 2.51. The van der Waals surface area contributed by atoms with Crippen molar-refractivity contribution in [1.29, 1.82) is 0 Å². The summed E-state index contributed by atoms with van der Waals surface area (Å²) in [7, 11) is 1.64. The van der Waals surface area contributed by atoms with Gasteiger partial charge in [-0.25, -0.2) is 0 Å². The zero-order chi connectivity index (χ0) is 13.7. The van der Waals surface area contributed by atoms with E-state index in [0.29, 0.717) is 5.02 Å². The first-order chi connectivity index (χ1) is 9.22. The van der Waals surface area contributed by atoms with Gasteiger partial charge < -0.3 is 15.0 Å². The quantitative estimate of drug-likeness (QED) is 0.868. The normalized spacial score (nSPS) is 19.8. The van der Waals surface area contributed by atoms with Crippen molar-refractivity contribution in [3.05, 3.63) is 28.8 Å². The molecule has 1 atom stereocenters. The fraction of sp³-hybridized carbons (Fsp3) is 0.600. The molecule has 1 aromatic carbocycles. The molecule has 1 aromatic rings. The van der Waals surface area contributed by atoms with Gasteiger partial charge in [0.05, 0.1) is 12.1 Å². The first-order valence-electron chi connectivity index (χ1n) is 6.98. The maximum atomic E-state index is 6.11. The fourth-order valence-corrected chi connectivity index (χ4v) is 2.89. The lowest BCUT2D eigenvalue weighted by Crippen LogP contribution is -2.26. The van der Waals surface area contributed by atoms with E-state index in [1.807, 2.05) is 12.1 Å². The van der Waals surface area contributed by atoms with Gasteiger partial charge in [-0.05, 0) is 49.7 Å². The highest BCUT2D eigenvalue weighted by Gasteiger charge is 2.20. The van der Waals surface area contributed by atoms with E-state index in [-0.39, 0.29) is 0 Å². The smallest absolute Gasteiger partial charge is 0.137 e. The molecule has 0 unspecified atom stereocenters. The standard InChI is InChI=1S/C15H23ClN2O/c1-3-18-7-6-13(11-18)10-17-9-12-4-5-15(19-2)14(16)8-12/h4-5,8,13,17H,3,6-7,9-11H2,1-2H3/t13-/m0/s1. The molecule has 0 amide bonds. The van der Waals surface area contributed by atoms with Gasteiger partial charge in [0.2, 0.25) is 0 Å². The molecule has 0 saturated carbocycles. The van der Waals surface area contributed by atoms with Crippen LogP contribution in [0.2, 0.25) is 5.02 Å². The number of rotatable bonds is 6. The van der Waals surface area contributed by atoms with Crippen LogP contribution in [0, 0.1) is 5.92 Å². The molecule has 0 radical (unpaired) electrons.